The van der Waals surface area contributed by atoms with Crippen molar-refractivity contribution in [1.29, 1.82) is 0 Å². The molecule has 7 nitrogen and oxygen atoms in total. The van der Waals surface area contributed by atoms with Crippen LogP contribution in [0.25, 0.3) is 0 Å². The first kappa shape index (κ1) is 26.9. The van der Waals surface area contributed by atoms with Crippen LogP contribution in [0.1, 0.15) is 52.0 Å². The number of pyridine rings is 1. The Balaban J connectivity index is 0.00000450. The first-order valence-electron chi connectivity index (χ1n) is 10.8. The van der Waals surface area contributed by atoms with Gasteiger partial charge in [0.15, 0.2) is 5.96 Å². The fraction of sp³-hybridized carbons (Fsp3) is 0.727. The van der Waals surface area contributed by atoms with Gasteiger partial charge in [-0.05, 0) is 50.2 Å². The Hall–Kier alpha value is -1.13. The van der Waals surface area contributed by atoms with Crippen LogP contribution in [-0.2, 0) is 16.0 Å². The lowest BCUT2D eigenvalue weighted by Gasteiger charge is -2.16. The lowest BCUT2D eigenvalue weighted by atomic mass is 10.1. The number of nitrogens with one attached hydrogen (secondary N) is 2. The van der Waals surface area contributed by atoms with Crippen molar-refractivity contribution < 1.29 is 14.2 Å². The summed E-state index contributed by atoms with van der Waals surface area (Å²) in [6.07, 6.45) is 6.44. The molecule has 1 aromatic rings. The normalized spacial score (nSPS) is 17.5. The lowest BCUT2D eigenvalue weighted by Crippen LogP contribution is -2.37. The van der Waals surface area contributed by atoms with Gasteiger partial charge in [-0.15, -0.1) is 24.0 Å². The van der Waals surface area contributed by atoms with Crippen LogP contribution >= 0.6 is 24.0 Å². The Morgan fingerprint density at radius 3 is 2.87 bits per heavy atom. The zero-order chi connectivity index (χ0) is 20.9. The van der Waals surface area contributed by atoms with Crippen LogP contribution in [0.2, 0.25) is 0 Å². The Bertz CT molecular complexity index is 610. The van der Waals surface area contributed by atoms with Crippen molar-refractivity contribution in [1.82, 2.24) is 15.6 Å². The van der Waals surface area contributed by atoms with Crippen molar-refractivity contribution >= 4 is 29.9 Å². The molecule has 1 fully saturated rings. The smallest absolute Gasteiger partial charge is 0.213 e. The number of hydrogen-bond donors (Lipinski definition) is 2. The summed E-state index contributed by atoms with van der Waals surface area (Å²) in [5, 5.41) is 6.65. The standard InChI is InChI=1S/C22H38N4O3.HI/c1-17(2)13-18(3)29-21-14-19(8-10-24-21)15-26-22(23-4)25-9-6-11-27-16-20-7-5-12-28-20;/h8,10,14,17-18,20H,5-7,9,11-13,15-16H2,1-4H3,(H2,23,25,26);1H. The van der Waals surface area contributed by atoms with Gasteiger partial charge < -0.3 is 24.8 Å². The first-order valence-corrected chi connectivity index (χ1v) is 10.8. The third-order valence-corrected chi connectivity index (χ3v) is 4.69. The van der Waals surface area contributed by atoms with Gasteiger partial charge in [0.2, 0.25) is 5.88 Å². The van der Waals surface area contributed by atoms with Gasteiger partial charge >= 0.3 is 0 Å². The molecule has 0 bridgehead atoms. The van der Waals surface area contributed by atoms with E-state index in [1.165, 1.54) is 0 Å². The number of aliphatic imine (C=N–C) groups is 1. The predicted molar refractivity (Wildman–Crippen MR) is 132 cm³/mol. The topological polar surface area (TPSA) is 77.0 Å². The minimum Gasteiger partial charge on any atom is -0.475 e. The number of rotatable bonds is 12. The van der Waals surface area contributed by atoms with Crippen LogP contribution in [0.15, 0.2) is 23.3 Å². The molecule has 1 aliphatic rings. The largest absolute Gasteiger partial charge is 0.475 e. The Labute approximate surface area is 198 Å². The zero-order valence-electron chi connectivity index (χ0n) is 18.9. The third kappa shape index (κ3) is 11.3. The van der Waals surface area contributed by atoms with Crippen molar-refractivity contribution in [2.24, 2.45) is 10.9 Å². The maximum Gasteiger partial charge on any atom is 0.213 e. The molecule has 2 rings (SSSR count). The fourth-order valence-corrected chi connectivity index (χ4v) is 3.32. The Morgan fingerprint density at radius 1 is 1.33 bits per heavy atom. The molecule has 0 aliphatic carbocycles. The number of ether oxygens (including phenoxy) is 3. The molecule has 2 unspecified atom stereocenters. The number of guanidine groups is 1. The summed E-state index contributed by atoms with van der Waals surface area (Å²) in [5.74, 6) is 2.05. The molecule has 0 radical (unpaired) electrons. The van der Waals surface area contributed by atoms with Crippen molar-refractivity contribution in [3.63, 3.8) is 0 Å². The minimum absolute atomic E-state index is 0. The molecule has 2 atom stereocenters. The van der Waals surface area contributed by atoms with Gasteiger partial charge in [0.25, 0.3) is 0 Å². The van der Waals surface area contributed by atoms with Gasteiger partial charge in [0.1, 0.15) is 0 Å². The fourth-order valence-electron chi connectivity index (χ4n) is 3.32. The summed E-state index contributed by atoms with van der Waals surface area (Å²) < 4.78 is 17.2. The molecule has 2 N–H and O–H groups in total. The predicted octanol–water partition coefficient (Wildman–Crippen LogP) is 3.76. The molecule has 2 heterocycles. The van der Waals surface area contributed by atoms with Gasteiger partial charge in [0.05, 0.1) is 18.8 Å². The maximum atomic E-state index is 5.93. The number of hydrogen-bond acceptors (Lipinski definition) is 5. The van der Waals surface area contributed by atoms with E-state index in [4.69, 9.17) is 14.2 Å². The second-order valence-corrected chi connectivity index (χ2v) is 7.98. The molecule has 1 saturated heterocycles. The van der Waals surface area contributed by atoms with Gasteiger partial charge in [-0.25, -0.2) is 4.98 Å². The molecule has 30 heavy (non-hydrogen) atoms. The van der Waals surface area contributed by atoms with E-state index < -0.39 is 0 Å². The highest BCUT2D eigenvalue weighted by Crippen LogP contribution is 2.15. The summed E-state index contributed by atoms with van der Waals surface area (Å²) in [7, 11) is 1.78. The number of halogens is 1. The van der Waals surface area contributed by atoms with Crippen molar-refractivity contribution in [2.45, 2.75) is 65.2 Å². The minimum atomic E-state index is 0. The van der Waals surface area contributed by atoms with Gasteiger partial charge in [-0.2, -0.15) is 0 Å². The van der Waals surface area contributed by atoms with Crippen molar-refractivity contribution in [2.75, 3.05) is 33.4 Å². The quantitative estimate of drug-likeness (QED) is 0.184. The van der Waals surface area contributed by atoms with Crippen LogP contribution < -0.4 is 15.4 Å². The summed E-state index contributed by atoms with van der Waals surface area (Å²) in [6, 6.07) is 3.97. The number of nitrogens with zero attached hydrogens (tertiary/aromatic N) is 2. The van der Waals surface area contributed by atoms with Crippen LogP contribution in [0.4, 0.5) is 0 Å². The molecule has 0 saturated carbocycles. The third-order valence-electron chi connectivity index (χ3n) is 4.69. The van der Waals surface area contributed by atoms with E-state index in [-0.39, 0.29) is 30.1 Å². The second kappa shape index (κ2) is 15.6. The van der Waals surface area contributed by atoms with E-state index in [1.807, 2.05) is 12.1 Å². The Kier molecular flexibility index (Phi) is 14.0. The molecule has 1 aromatic heterocycles. The van der Waals surface area contributed by atoms with Crippen LogP contribution in [0.3, 0.4) is 0 Å². The van der Waals surface area contributed by atoms with Crippen LogP contribution in [-0.4, -0.2) is 56.6 Å². The van der Waals surface area contributed by atoms with E-state index in [1.54, 1.807) is 13.2 Å². The lowest BCUT2D eigenvalue weighted by molar-refractivity contribution is 0.0168. The molecular formula is C22H39IN4O3. The number of aromatic nitrogens is 1. The van der Waals surface area contributed by atoms with Gasteiger partial charge in [0, 0.05) is 45.6 Å². The highest BCUT2D eigenvalue weighted by Gasteiger charge is 2.15. The summed E-state index contributed by atoms with van der Waals surface area (Å²) in [4.78, 5) is 8.60. The zero-order valence-corrected chi connectivity index (χ0v) is 21.2. The molecule has 0 amide bonds. The van der Waals surface area contributed by atoms with Gasteiger partial charge in [-0.1, -0.05) is 13.8 Å². The second-order valence-electron chi connectivity index (χ2n) is 7.98. The van der Waals surface area contributed by atoms with Crippen molar-refractivity contribution in [3.05, 3.63) is 23.9 Å². The summed E-state index contributed by atoms with van der Waals surface area (Å²) >= 11 is 0. The first-order chi connectivity index (χ1) is 14.1. The molecule has 172 valence electrons. The summed E-state index contributed by atoms with van der Waals surface area (Å²) in [6.45, 7) is 10.3. The SMILES string of the molecule is CN=C(NCCCOCC1CCCO1)NCc1ccnc(OC(C)CC(C)C)c1.I. The monoisotopic (exact) mass is 534 g/mol. The Morgan fingerprint density at radius 2 is 2.17 bits per heavy atom. The van der Waals surface area contributed by atoms with E-state index in [9.17, 15) is 0 Å². The van der Waals surface area contributed by atoms with Gasteiger partial charge in [-0.3, -0.25) is 4.99 Å². The molecular weight excluding hydrogens is 495 g/mol. The highest BCUT2D eigenvalue weighted by atomic mass is 127. The average Bonchev–Trinajstić information content (AvgIpc) is 3.20. The van der Waals surface area contributed by atoms with E-state index in [2.05, 4.69) is 41.4 Å². The molecule has 8 heteroatoms. The van der Waals surface area contributed by atoms with Crippen LogP contribution in [0.5, 0.6) is 5.88 Å². The van der Waals surface area contributed by atoms with Crippen molar-refractivity contribution in [3.8, 4) is 5.88 Å². The summed E-state index contributed by atoms with van der Waals surface area (Å²) in [5.41, 5.74) is 1.11. The molecule has 0 aromatic carbocycles. The highest BCUT2D eigenvalue weighted by molar-refractivity contribution is 14.0. The van der Waals surface area contributed by atoms with Crippen LogP contribution in [0, 0.1) is 5.92 Å². The van der Waals surface area contributed by atoms with E-state index in [0.29, 0.717) is 31.1 Å². The van der Waals surface area contributed by atoms with E-state index >= 15 is 0 Å². The molecule has 0 spiro atoms. The maximum absolute atomic E-state index is 5.93. The molecule has 1 aliphatic heterocycles. The average molecular weight is 534 g/mol. The van der Waals surface area contributed by atoms with E-state index in [0.717, 1.165) is 57.0 Å².